The summed E-state index contributed by atoms with van der Waals surface area (Å²) in [5, 5.41) is 11.2. The molecule has 0 amide bonds. The molecule has 14 heavy (non-hydrogen) atoms. The van der Waals surface area contributed by atoms with E-state index in [0.717, 1.165) is 5.75 Å². The molecule has 2 heteroatoms. The molecule has 1 N–H and O–H groups in total. The summed E-state index contributed by atoms with van der Waals surface area (Å²) in [6.45, 7) is 0. The molecule has 2 aromatic carbocycles. The van der Waals surface area contributed by atoms with E-state index >= 15 is 0 Å². The minimum Gasteiger partial charge on any atom is -0.386 e. The van der Waals surface area contributed by atoms with Crippen LogP contribution in [0.5, 0.6) is 0 Å². The quantitative estimate of drug-likeness (QED) is 0.775. The van der Waals surface area contributed by atoms with Crippen molar-refractivity contribution in [3.8, 4) is 0 Å². The highest BCUT2D eigenvalue weighted by Crippen LogP contribution is 2.18. The number of hydrogen-bond acceptors (Lipinski definition) is 2. The molecule has 0 spiro atoms. The number of hydrogen-bond donors (Lipinski definition) is 1. The fourth-order valence-electron chi connectivity index (χ4n) is 1.49. The molecule has 0 aliphatic carbocycles. The van der Waals surface area contributed by atoms with Crippen LogP contribution in [0, 0.1) is 0 Å². The van der Waals surface area contributed by atoms with Crippen molar-refractivity contribution < 1.29 is 5.11 Å². The zero-order valence-electron chi connectivity index (χ0n) is 7.81. The minimum absolute atomic E-state index is 0.187. The van der Waals surface area contributed by atoms with Crippen LogP contribution in [-0.4, -0.2) is 11.0 Å². The van der Waals surface area contributed by atoms with Crippen LogP contribution in [0.2, 0.25) is 0 Å². The summed E-state index contributed by atoms with van der Waals surface area (Å²) in [5.41, 5.74) is 1.27. The molecule has 0 heterocycles. The molecular weight excluding hydrogens is 192 g/mol. The second-order valence-electron chi connectivity index (χ2n) is 3.16. The Hall–Kier alpha value is -0.990. The van der Waals surface area contributed by atoms with Crippen molar-refractivity contribution in [3.63, 3.8) is 0 Å². The number of fused-ring (bicyclic) bond motifs is 1. The first kappa shape index (κ1) is 9.56. The lowest BCUT2D eigenvalue weighted by atomic mass is 10.1. The summed E-state index contributed by atoms with van der Waals surface area (Å²) in [7, 11) is 0. The summed E-state index contributed by atoms with van der Waals surface area (Å²) in [6.07, 6.45) is 0. The summed E-state index contributed by atoms with van der Waals surface area (Å²) in [5.74, 6) is 1.06. The van der Waals surface area contributed by atoms with E-state index in [1.807, 2.05) is 12.1 Å². The van der Waals surface area contributed by atoms with Crippen molar-refractivity contribution in [2.45, 2.75) is 5.75 Å². The maximum absolute atomic E-state index is 8.70. The summed E-state index contributed by atoms with van der Waals surface area (Å²) >= 11 is 1.53. The molecule has 0 radical (unpaired) electrons. The highest BCUT2D eigenvalue weighted by atomic mass is 32.2. The lowest BCUT2D eigenvalue weighted by Crippen LogP contribution is -1.82. The van der Waals surface area contributed by atoms with Crippen molar-refractivity contribution in [1.29, 1.82) is 0 Å². The molecule has 2 rings (SSSR count). The Kier molecular flexibility index (Phi) is 3.07. The standard InChI is InChI=1S/C12H12OS/c13-9-14-8-10-5-6-11-3-1-2-4-12(11)7-10/h1-7,13H,8-9H2. The van der Waals surface area contributed by atoms with Gasteiger partial charge in [0.1, 0.15) is 0 Å². The fraction of sp³-hybridized carbons (Fsp3) is 0.167. The Morgan fingerprint density at radius 1 is 1.00 bits per heavy atom. The second-order valence-corrected chi connectivity index (χ2v) is 4.11. The first-order valence-electron chi connectivity index (χ1n) is 4.56. The lowest BCUT2D eigenvalue weighted by molar-refractivity contribution is 0.375. The van der Waals surface area contributed by atoms with E-state index in [9.17, 15) is 0 Å². The molecule has 0 aliphatic heterocycles. The molecule has 0 atom stereocenters. The van der Waals surface area contributed by atoms with Gasteiger partial charge in [0.2, 0.25) is 0 Å². The topological polar surface area (TPSA) is 20.2 Å². The zero-order valence-corrected chi connectivity index (χ0v) is 8.63. The molecule has 0 aromatic heterocycles. The predicted molar refractivity (Wildman–Crippen MR) is 62.3 cm³/mol. The summed E-state index contributed by atoms with van der Waals surface area (Å²) < 4.78 is 0. The largest absolute Gasteiger partial charge is 0.386 e. The first-order valence-corrected chi connectivity index (χ1v) is 5.72. The van der Waals surface area contributed by atoms with Gasteiger partial charge >= 0.3 is 0 Å². The van der Waals surface area contributed by atoms with Crippen molar-refractivity contribution >= 4 is 22.5 Å². The molecule has 0 aliphatic rings. The average Bonchev–Trinajstić information content (AvgIpc) is 2.26. The lowest BCUT2D eigenvalue weighted by Gasteiger charge is -2.02. The predicted octanol–water partition coefficient (Wildman–Crippen LogP) is 3.02. The molecule has 0 saturated carbocycles. The Morgan fingerprint density at radius 3 is 2.57 bits per heavy atom. The monoisotopic (exact) mass is 204 g/mol. The maximum Gasteiger partial charge on any atom is 0.0889 e. The van der Waals surface area contributed by atoms with Crippen LogP contribution in [-0.2, 0) is 5.75 Å². The van der Waals surface area contributed by atoms with Gasteiger partial charge in [-0.25, -0.2) is 0 Å². The van der Waals surface area contributed by atoms with Gasteiger partial charge < -0.3 is 5.11 Å². The number of aliphatic hydroxyl groups excluding tert-OH is 1. The smallest absolute Gasteiger partial charge is 0.0889 e. The SMILES string of the molecule is OCSCc1ccc2ccccc2c1. The molecule has 0 fully saturated rings. The Balaban J connectivity index is 2.32. The van der Waals surface area contributed by atoms with E-state index in [1.54, 1.807) is 0 Å². The van der Waals surface area contributed by atoms with Crippen LogP contribution in [0.1, 0.15) is 5.56 Å². The number of benzene rings is 2. The van der Waals surface area contributed by atoms with Gasteiger partial charge in [-0.3, -0.25) is 0 Å². The normalized spacial score (nSPS) is 10.6. The van der Waals surface area contributed by atoms with Crippen LogP contribution in [0.4, 0.5) is 0 Å². The van der Waals surface area contributed by atoms with Crippen LogP contribution in [0.25, 0.3) is 10.8 Å². The number of thioether (sulfide) groups is 1. The summed E-state index contributed by atoms with van der Waals surface area (Å²) in [6, 6.07) is 14.7. The van der Waals surface area contributed by atoms with Gasteiger partial charge in [-0.15, -0.1) is 11.8 Å². The Labute approximate surface area is 87.8 Å². The number of rotatable bonds is 3. The maximum atomic E-state index is 8.70. The van der Waals surface area contributed by atoms with Gasteiger partial charge in [-0.1, -0.05) is 42.5 Å². The highest BCUT2D eigenvalue weighted by Gasteiger charge is 1.95. The third-order valence-corrected chi connectivity index (χ3v) is 2.89. The first-order chi connectivity index (χ1) is 6.90. The van der Waals surface area contributed by atoms with Crippen LogP contribution in [0.3, 0.4) is 0 Å². The van der Waals surface area contributed by atoms with E-state index < -0.39 is 0 Å². The molecule has 72 valence electrons. The van der Waals surface area contributed by atoms with Crippen molar-refractivity contribution in [2.75, 3.05) is 5.94 Å². The fourth-order valence-corrected chi connectivity index (χ4v) is 2.00. The second kappa shape index (κ2) is 4.49. The van der Waals surface area contributed by atoms with Crippen molar-refractivity contribution in [3.05, 3.63) is 48.0 Å². The molecule has 0 saturated heterocycles. The van der Waals surface area contributed by atoms with Gasteiger partial charge in [-0.2, -0.15) is 0 Å². The highest BCUT2D eigenvalue weighted by molar-refractivity contribution is 7.98. The van der Waals surface area contributed by atoms with E-state index in [-0.39, 0.29) is 5.94 Å². The van der Waals surface area contributed by atoms with Gasteiger partial charge in [0, 0.05) is 5.75 Å². The Bertz CT molecular complexity index is 425. The van der Waals surface area contributed by atoms with Crippen LogP contribution < -0.4 is 0 Å². The zero-order chi connectivity index (χ0) is 9.80. The van der Waals surface area contributed by atoms with E-state index in [4.69, 9.17) is 5.11 Å². The third kappa shape index (κ3) is 2.08. The molecule has 2 aromatic rings. The minimum atomic E-state index is 0.187. The van der Waals surface area contributed by atoms with E-state index in [1.165, 1.54) is 28.1 Å². The number of aliphatic hydroxyl groups is 1. The molecule has 0 bridgehead atoms. The van der Waals surface area contributed by atoms with Gasteiger partial charge in [0.15, 0.2) is 0 Å². The summed E-state index contributed by atoms with van der Waals surface area (Å²) in [4.78, 5) is 0. The van der Waals surface area contributed by atoms with E-state index in [2.05, 4.69) is 30.3 Å². The molecular formula is C12H12OS. The van der Waals surface area contributed by atoms with Crippen LogP contribution >= 0.6 is 11.8 Å². The van der Waals surface area contributed by atoms with Crippen LogP contribution in [0.15, 0.2) is 42.5 Å². The van der Waals surface area contributed by atoms with E-state index in [0.29, 0.717) is 0 Å². The third-order valence-electron chi connectivity index (χ3n) is 2.17. The van der Waals surface area contributed by atoms with Gasteiger partial charge in [0.05, 0.1) is 5.94 Å². The molecule has 1 nitrogen and oxygen atoms in total. The van der Waals surface area contributed by atoms with Gasteiger partial charge in [-0.05, 0) is 16.3 Å². The van der Waals surface area contributed by atoms with Gasteiger partial charge in [0.25, 0.3) is 0 Å². The molecule has 0 unspecified atom stereocenters. The average molecular weight is 204 g/mol. The van der Waals surface area contributed by atoms with Crippen molar-refractivity contribution in [1.82, 2.24) is 0 Å². The Morgan fingerprint density at radius 2 is 1.79 bits per heavy atom. The van der Waals surface area contributed by atoms with Crippen molar-refractivity contribution in [2.24, 2.45) is 0 Å².